The highest BCUT2D eigenvalue weighted by atomic mass is 15.0. The second-order valence-corrected chi connectivity index (χ2v) is 3.68. The van der Waals surface area contributed by atoms with E-state index in [2.05, 4.69) is 27.5 Å². The third kappa shape index (κ3) is 2.24. The molecule has 0 aliphatic rings. The average molecular weight is 201 g/mol. The first-order valence-corrected chi connectivity index (χ1v) is 5.15. The summed E-state index contributed by atoms with van der Waals surface area (Å²) in [7, 11) is 0. The van der Waals surface area contributed by atoms with Gasteiger partial charge in [0.2, 0.25) is 0 Å². The summed E-state index contributed by atoms with van der Waals surface area (Å²) in [5.41, 5.74) is 3.48. The van der Waals surface area contributed by atoms with Gasteiger partial charge in [0.25, 0.3) is 0 Å². The number of nitrogens with zero attached hydrogens (tertiary/aromatic N) is 3. The number of pyridine rings is 1. The summed E-state index contributed by atoms with van der Waals surface area (Å²) in [5.74, 6) is 0. The van der Waals surface area contributed by atoms with Crippen LogP contribution in [0.3, 0.4) is 0 Å². The Labute approximate surface area is 89.8 Å². The lowest BCUT2D eigenvalue weighted by Gasteiger charge is -2.04. The van der Waals surface area contributed by atoms with Gasteiger partial charge in [-0.3, -0.25) is 4.98 Å². The fourth-order valence-corrected chi connectivity index (χ4v) is 1.55. The van der Waals surface area contributed by atoms with E-state index < -0.39 is 0 Å². The van der Waals surface area contributed by atoms with Crippen molar-refractivity contribution in [3.63, 3.8) is 0 Å². The van der Waals surface area contributed by atoms with Crippen molar-refractivity contribution in [1.82, 2.24) is 14.5 Å². The van der Waals surface area contributed by atoms with Crippen molar-refractivity contribution in [2.75, 3.05) is 0 Å². The second kappa shape index (κ2) is 4.26. The molecule has 0 fully saturated rings. The summed E-state index contributed by atoms with van der Waals surface area (Å²) in [5, 5.41) is 0. The molecular weight excluding hydrogens is 186 g/mol. The van der Waals surface area contributed by atoms with Crippen molar-refractivity contribution in [3.8, 4) is 0 Å². The van der Waals surface area contributed by atoms with Gasteiger partial charge in [-0.15, -0.1) is 0 Å². The highest BCUT2D eigenvalue weighted by Crippen LogP contribution is 2.05. The molecular formula is C12H15N3. The van der Waals surface area contributed by atoms with E-state index in [9.17, 15) is 0 Å². The third-order valence-electron chi connectivity index (χ3n) is 2.68. The zero-order valence-electron chi connectivity index (χ0n) is 9.14. The molecule has 0 saturated carbocycles. The molecule has 3 nitrogen and oxygen atoms in total. The SMILES string of the molecule is Cc1ncn(CCc2ccccn2)c1C. The largest absolute Gasteiger partial charge is 0.334 e. The average Bonchev–Trinajstić information content (AvgIpc) is 2.59. The van der Waals surface area contributed by atoms with Gasteiger partial charge in [0.1, 0.15) is 0 Å². The molecule has 0 amide bonds. The number of rotatable bonds is 3. The van der Waals surface area contributed by atoms with E-state index in [0.717, 1.165) is 24.4 Å². The van der Waals surface area contributed by atoms with Gasteiger partial charge in [-0.1, -0.05) is 6.07 Å². The first-order chi connectivity index (χ1) is 7.27. The van der Waals surface area contributed by atoms with Crippen LogP contribution in [0.1, 0.15) is 17.1 Å². The Morgan fingerprint density at radius 1 is 1.20 bits per heavy atom. The zero-order valence-corrected chi connectivity index (χ0v) is 9.14. The molecule has 0 aliphatic heterocycles. The van der Waals surface area contributed by atoms with Crippen LogP contribution in [0.5, 0.6) is 0 Å². The van der Waals surface area contributed by atoms with Gasteiger partial charge >= 0.3 is 0 Å². The molecule has 2 rings (SSSR count). The Kier molecular flexibility index (Phi) is 2.81. The summed E-state index contributed by atoms with van der Waals surface area (Å²) in [6.07, 6.45) is 4.69. The standard InChI is InChI=1S/C12H15N3/c1-10-11(2)15(9-14-10)8-6-12-5-3-4-7-13-12/h3-5,7,9H,6,8H2,1-2H3. The Morgan fingerprint density at radius 2 is 2.07 bits per heavy atom. The van der Waals surface area contributed by atoms with E-state index in [-0.39, 0.29) is 0 Å². The van der Waals surface area contributed by atoms with Crippen LogP contribution in [0, 0.1) is 13.8 Å². The second-order valence-electron chi connectivity index (χ2n) is 3.68. The van der Waals surface area contributed by atoms with Gasteiger partial charge in [-0.25, -0.2) is 4.98 Å². The smallest absolute Gasteiger partial charge is 0.0951 e. The quantitative estimate of drug-likeness (QED) is 0.761. The summed E-state index contributed by atoms with van der Waals surface area (Å²) in [6, 6.07) is 6.02. The van der Waals surface area contributed by atoms with Crippen molar-refractivity contribution in [1.29, 1.82) is 0 Å². The van der Waals surface area contributed by atoms with Gasteiger partial charge in [0.15, 0.2) is 0 Å². The Bertz CT molecular complexity index is 431. The molecule has 0 unspecified atom stereocenters. The topological polar surface area (TPSA) is 30.7 Å². The molecule has 15 heavy (non-hydrogen) atoms. The molecule has 78 valence electrons. The molecule has 0 N–H and O–H groups in total. The first-order valence-electron chi connectivity index (χ1n) is 5.15. The zero-order chi connectivity index (χ0) is 10.7. The maximum atomic E-state index is 4.30. The van der Waals surface area contributed by atoms with E-state index in [1.54, 1.807) is 0 Å². The monoisotopic (exact) mass is 201 g/mol. The fraction of sp³-hybridized carbons (Fsp3) is 0.333. The lowest BCUT2D eigenvalue weighted by atomic mass is 10.2. The lowest BCUT2D eigenvalue weighted by molar-refractivity contribution is 0.667. The van der Waals surface area contributed by atoms with Crippen LogP contribution >= 0.6 is 0 Å². The Morgan fingerprint density at radius 3 is 2.67 bits per heavy atom. The minimum atomic E-state index is 0.948. The maximum absolute atomic E-state index is 4.30. The highest BCUT2D eigenvalue weighted by Gasteiger charge is 2.01. The van der Waals surface area contributed by atoms with Gasteiger partial charge in [0.05, 0.1) is 12.0 Å². The van der Waals surface area contributed by atoms with Crippen molar-refractivity contribution < 1.29 is 0 Å². The van der Waals surface area contributed by atoms with E-state index in [1.165, 1.54) is 5.69 Å². The summed E-state index contributed by atoms with van der Waals surface area (Å²) >= 11 is 0. The molecule has 0 aromatic carbocycles. The number of aryl methyl sites for hydroxylation is 3. The summed E-state index contributed by atoms with van der Waals surface area (Å²) < 4.78 is 2.17. The molecule has 0 spiro atoms. The van der Waals surface area contributed by atoms with Crippen molar-refractivity contribution in [3.05, 3.63) is 47.8 Å². The Hall–Kier alpha value is -1.64. The molecule has 3 heteroatoms. The van der Waals surface area contributed by atoms with Gasteiger partial charge in [0, 0.05) is 30.6 Å². The van der Waals surface area contributed by atoms with Crippen LogP contribution in [-0.4, -0.2) is 14.5 Å². The van der Waals surface area contributed by atoms with Gasteiger partial charge < -0.3 is 4.57 Å². The van der Waals surface area contributed by atoms with E-state index in [4.69, 9.17) is 0 Å². The number of hydrogen-bond donors (Lipinski definition) is 0. The van der Waals surface area contributed by atoms with Crippen LogP contribution in [-0.2, 0) is 13.0 Å². The molecule has 0 atom stereocenters. The lowest BCUT2D eigenvalue weighted by Crippen LogP contribution is -2.03. The van der Waals surface area contributed by atoms with Crippen molar-refractivity contribution in [2.24, 2.45) is 0 Å². The van der Waals surface area contributed by atoms with Crippen LogP contribution in [0.25, 0.3) is 0 Å². The molecule has 0 saturated heterocycles. The molecule has 0 aliphatic carbocycles. The number of hydrogen-bond acceptors (Lipinski definition) is 2. The minimum Gasteiger partial charge on any atom is -0.334 e. The molecule has 2 heterocycles. The van der Waals surface area contributed by atoms with Crippen LogP contribution in [0.2, 0.25) is 0 Å². The van der Waals surface area contributed by atoms with Crippen molar-refractivity contribution >= 4 is 0 Å². The molecule has 2 aromatic heterocycles. The van der Waals surface area contributed by atoms with E-state index in [1.807, 2.05) is 31.6 Å². The highest BCUT2D eigenvalue weighted by molar-refractivity contribution is 5.09. The molecule has 0 radical (unpaired) electrons. The fourth-order valence-electron chi connectivity index (χ4n) is 1.55. The maximum Gasteiger partial charge on any atom is 0.0951 e. The van der Waals surface area contributed by atoms with Crippen molar-refractivity contribution in [2.45, 2.75) is 26.8 Å². The third-order valence-corrected chi connectivity index (χ3v) is 2.68. The minimum absolute atomic E-state index is 0.948. The van der Waals surface area contributed by atoms with Gasteiger partial charge in [-0.05, 0) is 26.0 Å². The predicted molar refractivity (Wildman–Crippen MR) is 59.6 cm³/mol. The van der Waals surface area contributed by atoms with Crippen LogP contribution in [0.15, 0.2) is 30.7 Å². The van der Waals surface area contributed by atoms with Crippen LogP contribution in [0.4, 0.5) is 0 Å². The summed E-state index contributed by atoms with van der Waals surface area (Å²) in [4.78, 5) is 8.57. The van der Waals surface area contributed by atoms with E-state index in [0.29, 0.717) is 0 Å². The molecule has 2 aromatic rings. The Balaban J connectivity index is 2.02. The predicted octanol–water partition coefficient (Wildman–Crippen LogP) is 2.14. The molecule has 0 bridgehead atoms. The normalized spacial score (nSPS) is 10.5. The van der Waals surface area contributed by atoms with Gasteiger partial charge in [-0.2, -0.15) is 0 Å². The number of aromatic nitrogens is 3. The summed E-state index contributed by atoms with van der Waals surface area (Å²) in [6.45, 7) is 5.08. The number of imidazole rings is 1. The first kappa shape index (κ1) is 9.90. The van der Waals surface area contributed by atoms with E-state index >= 15 is 0 Å². The van der Waals surface area contributed by atoms with Crippen LogP contribution < -0.4 is 0 Å².